The maximum atomic E-state index is 12.2. The minimum absolute atomic E-state index is 0.146. The molecule has 3 heterocycles. The van der Waals surface area contributed by atoms with Gasteiger partial charge in [0.15, 0.2) is 0 Å². The third-order valence-corrected chi connectivity index (χ3v) is 5.37. The van der Waals surface area contributed by atoms with Crippen molar-refractivity contribution in [3.05, 3.63) is 24.2 Å². The van der Waals surface area contributed by atoms with Gasteiger partial charge in [0, 0.05) is 4.75 Å². The molecule has 0 radical (unpaired) electrons. The fourth-order valence-electron chi connectivity index (χ4n) is 2.77. The highest BCUT2D eigenvalue weighted by molar-refractivity contribution is 8.01. The lowest BCUT2D eigenvalue weighted by Crippen LogP contribution is -2.61. The first kappa shape index (κ1) is 12.6. The maximum Gasteiger partial charge on any atom is 0.233 e. The molecule has 2 aliphatic rings. The molecule has 2 aliphatic heterocycles. The SMILES string of the molecule is CC1(C)S[C@@H]2[C@H](C(O)c3ccco3)C(=O)N2[C@H]1C#N. The van der Waals surface area contributed by atoms with Crippen molar-refractivity contribution in [3.8, 4) is 6.07 Å². The average Bonchev–Trinajstić information content (AvgIpc) is 2.94. The summed E-state index contributed by atoms with van der Waals surface area (Å²) in [5, 5.41) is 19.3. The molecule has 0 saturated carbocycles. The van der Waals surface area contributed by atoms with Crippen LogP contribution in [0.25, 0.3) is 0 Å². The predicted octanol–water partition coefficient (Wildman–Crippen LogP) is 1.52. The van der Waals surface area contributed by atoms with Gasteiger partial charge in [0.2, 0.25) is 5.91 Å². The summed E-state index contributed by atoms with van der Waals surface area (Å²) in [6, 6.07) is 5.10. The molecule has 2 fully saturated rings. The van der Waals surface area contributed by atoms with E-state index in [0.717, 1.165) is 0 Å². The molecule has 6 heteroatoms. The van der Waals surface area contributed by atoms with Crippen LogP contribution in [-0.2, 0) is 4.79 Å². The van der Waals surface area contributed by atoms with E-state index in [1.54, 1.807) is 28.8 Å². The van der Waals surface area contributed by atoms with Gasteiger partial charge >= 0.3 is 0 Å². The number of nitriles is 1. The second-order valence-corrected chi connectivity index (χ2v) is 7.15. The number of hydrogen-bond acceptors (Lipinski definition) is 5. The fourth-order valence-corrected chi connectivity index (χ4v) is 4.44. The quantitative estimate of drug-likeness (QED) is 0.830. The Morgan fingerprint density at radius 2 is 2.37 bits per heavy atom. The van der Waals surface area contributed by atoms with Crippen molar-refractivity contribution in [2.24, 2.45) is 5.92 Å². The molecule has 4 atom stereocenters. The molecule has 0 aliphatic carbocycles. The number of carbonyl (C=O) groups is 1. The second kappa shape index (κ2) is 4.02. The van der Waals surface area contributed by atoms with Crippen molar-refractivity contribution in [1.29, 1.82) is 5.26 Å². The van der Waals surface area contributed by atoms with Gasteiger partial charge in [0.25, 0.3) is 0 Å². The van der Waals surface area contributed by atoms with Gasteiger partial charge in [0.05, 0.1) is 17.7 Å². The average molecular weight is 278 g/mol. The van der Waals surface area contributed by atoms with E-state index in [0.29, 0.717) is 5.76 Å². The van der Waals surface area contributed by atoms with Gasteiger partial charge in [0.1, 0.15) is 23.8 Å². The van der Waals surface area contributed by atoms with Crippen LogP contribution in [0.5, 0.6) is 0 Å². The topological polar surface area (TPSA) is 77.5 Å². The van der Waals surface area contributed by atoms with Crippen molar-refractivity contribution in [2.45, 2.75) is 36.1 Å². The van der Waals surface area contributed by atoms with E-state index in [1.165, 1.54) is 6.26 Å². The third-order valence-electron chi connectivity index (χ3n) is 3.78. The van der Waals surface area contributed by atoms with Gasteiger partial charge < -0.3 is 14.4 Å². The predicted molar refractivity (Wildman–Crippen MR) is 68.9 cm³/mol. The van der Waals surface area contributed by atoms with Crippen LogP contribution in [0.4, 0.5) is 0 Å². The van der Waals surface area contributed by atoms with Crippen molar-refractivity contribution in [2.75, 3.05) is 0 Å². The molecule has 2 saturated heterocycles. The van der Waals surface area contributed by atoms with Crippen LogP contribution < -0.4 is 0 Å². The normalized spacial score (nSPS) is 33.5. The summed E-state index contributed by atoms with van der Waals surface area (Å²) in [6.07, 6.45) is 0.535. The lowest BCUT2D eigenvalue weighted by atomic mass is 9.87. The minimum Gasteiger partial charge on any atom is -0.467 e. The molecule has 100 valence electrons. The Bertz CT molecular complexity index is 549. The summed E-state index contributed by atoms with van der Waals surface area (Å²) in [7, 11) is 0. The molecule has 1 aromatic heterocycles. The van der Waals surface area contributed by atoms with Gasteiger partial charge in [-0.25, -0.2) is 0 Å². The van der Waals surface area contributed by atoms with E-state index in [2.05, 4.69) is 6.07 Å². The standard InChI is InChI=1S/C13H14N2O3S/c1-13(2)8(6-14)15-11(17)9(12(15)19-13)10(16)7-4-3-5-18-7/h3-5,8-10,12,16H,1-2H3/t8-,9+,10?,12+/m0/s1. The summed E-state index contributed by atoms with van der Waals surface area (Å²) in [5.74, 6) is -0.288. The van der Waals surface area contributed by atoms with Gasteiger partial charge in [-0.2, -0.15) is 5.26 Å². The smallest absolute Gasteiger partial charge is 0.233 e. The molecule has 0 bridgehead atoms. The summed E-state index contributed by atoms with van der Waals surface area (Å²) in [5.41, 5.74) is 0. The Morgan fingerprint density at radius 3 is 2.95 bits per heavy atom. The molecular weight excluding hydrogens is 264 g/mol. The summed E-state index contributed by atoms with van der Waals surface area (Å²) in [6.45, 7) is 3.90. The molecule has 5 nitrogen and oxygen atoms in total. The highest BCUT2D eigenvalue weighted by atomic mass is 32.2. The van der Waals surface area contributed by atoms with E-state index in [-0.39, 0.29) is 16.0 Å². The van der Waals surface area contributed by atoms with Crippen LogP contribution in [0.15, 0.2) is 22.8 Å². The zero-order valence-corrected chi connectivity index (χ0v) is 11.4. The number of nitrogens with zero attached hydrogens (tertiary/aromatic N) is 2. The number of hydrogen-bond donors (Lipinski definition) is 1. The van der Waals surface area contributed by atoms with Gasteiger partial charge in [-0.3, -0.25) is 4.79 Å². The molecule has 1 amide bonds. The number of β-lactam (4-membered cyclic amide) rings is 1. The van der Waals surface area contributed by atoms with Crippen molar-refractivity contribution in [3.63, 3.8) is 0 Å². The lowest BCUT2D eigenvalue weighted by Gasteiger charge is -2.44. The second-order valence-electron chi connectivity index (χ2n) is 5.38. The fraction of sp³-hybridized carbons (Fsp3) is 0.538. The van der Waals surface area contributed by atoms with E-state index in [1.807, 2.05) is 13.8 Å². The third kappa shape index (κ3) is 1.62. The van der Waals surface area contributed by atoms with Crippen LogP contribution in [0.2, 0.25) is 0 Å². The molecule has 0 spiro atoms. The van der Waals surface area contributed by atoms with E-state index < -0.39 is 18.1 Å². The molecule has 19 heavy (non-hydrogen) atoms. The summed E-state index contributed by atoms with van der Waals surface area (Å²) in [4.78, 5) is 13.8. The minimum atomic E-state index is -0.940. The molecule has 1 aromatic rings. The summed E-state index contributed by atoms with van der Waals surface area (Å²) < 4.78 is 4.85. The Morgan fingerprint density at radius 1 is 1.63 bits per heavy atom. The number of furan rings is 1. The Balaban J connectivity index is 1.86. The number of thioether (sulfide) groups is 1. The first-order valence-electron chi connectivity index (χ1n) is 6.08. The van der Waals surface area contributed by atoms with E-state index >= 15 is 0 Å². The first-order chi connectivity index (χ1) is 8.97. The van der Waals surface area contributed by atoms with Gasteiger partial charge in [-0.05, 0) is 26.0 Å². The zero-order valence-electron chi connectivity index (χ0n) is 10.6. The largest absolute Gasteiger partial charge is 0.467 e. The first-order valence-corrected chi connectivity index (χ1v) is 6.96. The van der Waals surface area contributed by atoms with E-state index in [9.17, 15) is 15.2 Å². The molecule has 3 rings (SSSR count). The Labute approximate surface area is 115 Å². The molecule has 1 N–H and O–H groups in total. The van der Waals surface area contributed by atoms with Crippen molar-refractivity contribution < 1.29 is 14.3 Å². The Kier molecular flexibility index (Phi) is 2.66. The van der Waals surface area contributed by atoms with Crippen molar-refractivity contribution in [1.82, 2.24) is 4.90 Å². The molecule has 1 unspecified atom stereocenters. The number of amides is 1. The number of carbonyl (C=O) groups excluding carboxylic acids is 1. The van der Waals surface area contributed by atoms with Crippen LogP contribution in [-0.4, -0.2) is 32.1 Å². The lowest BCUT2D eigenvalue weighted by molar-refractivity contribution is -0.159. The number of aliphatic hydroxyl groups is 1. The van der Waals surface area contributed by atoms with Crippen LogP contribution in [0.3, 0.4) is 0 Å². The summed E-state index contributed by atoms with van der Waals surface area (Å²) >= 11 is 1.57. The Hall–Kier alpha value is -1.45. The highest BCUT2D eigenvalue weighted by Gasteiger charge is 2.63. The number of aliphatic hydroxyl groups excluding tert-OH is 1. The van der Waals surface area contributed by atoms with Crippen LogP contribution in [0, 0.1) is 17.2 Å². The molecule has 0 aromatic carbocycles. The zero-order chi connectivity index (χ0) is 13.8. The highest BCUT2D eigenvalue weighted by Crippen LogP contribution is 2.55. The van der Waals surface area contributed by atoms with Crippen molar-refractivity contribution >= 4 is 17.7 Å². The monoisotopic (exact) mass is 278 g/mol. The van der Waals surface area contributed by atoms with Crippen LogP contribution >= 0.6 is 11.8 Å². The van der Waals surface area contributed by atoms with E-state index in [4.69, 9.17) is 4.42 Å². The number of fused-ring (bicyclic) bond motifs is 1. The van der Waals surface area contributed by atoms with Gasteiger partial charge in [-0.15, -0.1) is 11.8 Å². The maximum absolute atomic E-state index is 12.2. The number of rotatable bonds is 2. The van der Waals surface area contributed by atoms with Crippen LogP contribution in [0.1, 0.15) is 25.7 Å². The molecular formula is C13H14N2O3S. The van der Waals surface area contributed by atoms with Gasteiger partial charge in [-0.1, -0.05) is 0 Å².